The molecule has 0 spiro atoms. The highest BCUT2D eigenvalue weighted by molar-refractivity contribution is 5.82. The molecule has 0 amide bonds. The summed E-state index contributed by atoms with van der Waals surface area (Å²) >= 11 is 0. The highest BCUT2D eigenvalue weighted by Crippen LogP contribution is 2.26. The van der Waals surface area contributed by atoms with Crippen LogP contribution in [0, 0.1) is 0 Å². The predicted octanol–water partition coefficient (Wildman–Crippen LogP) is 3.26. The molecular formula is C16H18N4O. The highest BCUT2D eigenvalue weighted by Gasteiger charge is 2.13. The average Bonchev–Trinajstić information content (AvgIpc) is 2.90. The predicted molar refractivity (Wildman–Crippen MR) is 82.3 cm³/mol. The van der Waals surface area contributed by atoms with Crippen molar-refractivity contribution in [1.29, 1.82) is 0 Å². The van der Waals surface area contributed by atoms with Gasteiger partial charge in [-0.3, -0.25) is 9.55 Å². The molecule has 0 saturated carbocycles. The molecule has 21 heavy (non-hydrogen) atoms. The number of aromatic nitrogens is 3. The van der Waals surface area contributed by atoms with Crippen molar-refractivity contribution in [3.05, 3.63) is 48.5 Å². The van der Waals surface area contributed by atoms with E-state index in [1.807, 2.05) is 48.9 Å². The maximum absolute atomic E-state index is 5.95. The van der Waals surface area contributed by atoms with Gasteiger partial charge in [0, 0.05) is 30.4 Å². The molecule has 1 atom stereocenters. The third-order valence-corrected chi connectivity index (χ3v) is 3.45. The minimum absolute atomic E-state index is 0.0735. The van der Waals surface area contributed by atoms with E-state index in [1.165, 1.54) is 0 Å². The molecule has 3 rings (SSSR count). The van der Waals surface area contributed by atoms with Crippen LogP contribution in [-0.2, 0) is 6.54 Å². The molecule has 0 saturated heterocycles. The zero-order valence-electron chi connectivity index (χ0n) is 12.2. The molecule has 2 N–H and O–H groups in total. The molecule has 5 nitrogen and oxygen atoms in total. The van der Waals surface area contributed by atoms with Gasteiger partial charge in [-0.25, -0.2) is 4.98 Å². The third kappa shape index (κ3) is 2.60. The van der Waals surface area contributed by atoms with E-state index >= 15 is 0 Å². The summed E-state index contributed by atoms with van der Waals surface area (Å²) in [7, 11) is 0. The zero-order chi connectivity index (χ0) is 14.8. The average molecular weight is 282 g/mol. The molecule has 0 fully saturated rings. The van der Waals surface area contributed by atoms with Crippen molar-refractivity contribution < 1.29 is 4.74 Å². The van der Waals surface area contributed by atoms with Crippen molar-refractivity contribution in [1.82, 2.24) is 14.5 Å². The van der Waals surface area contributed by atoms with E-state index in [-0.39, 0.29) is 6.04 Å². The number of benzene rings is 1. The normalized spacial score (nSPS) is 12.5. The second-order valence-electron chi connectivity index (χ2n) is 4.99. The van der Waals surface area contributed by atoms with E-state index in [0.717, 1.165) is 28.8 Å². The van der Waals surface area contributed by atoms with E-state index in [1.54, 1.807) is 12.4 Å². The first-order valence-electron chi connectivity index (χ1n) is 7.01. The fourth-order valence-corrected chi connectivity index (χ4v) is 2.37. The number of nitrogens with two attached hydrogens (primary N) is 1. The van der Waals surface area contributed by atoms with Gasteiger partial charge in [-0.2, -0.15) is 0 Å². The molecule has 0 bridgehead atoms. The van der Waals surface area contributed by atoms with Gasteiger partial charge in [0.25, 0.3) is 0 Å². The lowest BCUT2D eigenvalue weighted by atomic mass is 10.2. The zero-order valence-corrected chi connectivity index (χ0v) is 12.2. The summed E-state index contributed by atoms with van der Waals surface area (Å²) in [5.41, 5.74) is 6.91. The monoisotopic (exact) mass is 282 g/mol. The van der Waals surface area contributed by atoms with Crippen molar-refractivity contribution in [2.24, 2.45) is 5.73 Å². The summed E-state index contributed by atoms with van der Waals surface area (Å²) < 4.78 is 7.89. The summed E-state index contributed by atoms with van der Waals surface area (Å²) in [5, 5.41) is 2.17. The van der Waals surface area contributed by atoms with Gasteiger partial charge in [0.05, 0.1) is 11.9 Å². The van der Waals surface area contributed by atoms with Gasteiger partial charge < -0.3 is 10.5 Å². The van der Waals surface area contributed by atoms with Gasteiger partial charge in [-0.1, -0.05) is 6.07 Å². The van der Waals surface area contributed by atoms with Crippen molar-refractivity contribution >= 4 is 10.8 Å². The number of hydrogen-bond acceptors (Lipinski definition) is 4. The second-order valence-corrected chi connectivity index (χ2v) is 4.99. The number of hydrogen-bond donors (Lipinski definition) is 1. The minimum Gasteiger partial charge on any atom is -0.425 e. The molecule has 0 aliphatic heterocycles. The van der Waals surface area contributed by atoms with E-state index in [4.69, 9.17) is 10.5 Å². The van der Waals surface area contributed by atoms with Gasteiger partial charge in [0.15, 0.2) is 0 Å². The first kappa shape index (κ1) is 13.6. The molecule has 1 aromatic carbocycles. The summed E-state index contributed by atoms with van der Waals surface area (Å²) in [6, 6.07) is 8.37. The van der Waals surface area contributed by atoms with Crippen molar-refractivity contribution in [2.45, 2.75) is 26.4 Å². The molecule has 3 aromatic rings. The molecular weight excluding hydrogens is 264 g/mol. The van der Waals surface area contributed by atoms with Crippen molar-refractivity contribution in [2.75, 3.05) is 0 Å². The maximum Gasteiger partial charge on any atom is 0.302 e. The molecule has 1 unspecified atom stereocenters. The van der Waals surface area contributed by atoms with Crippen molar-refractivity contribution in [3.8, 4) is 11.8 Å². The van der Waals surface area contributed by atoms with E-state index in [0.29, 0.717) is 6.01 Å². The Morgan fingerprint density at radius 3 is 2.86 bits per heavy atom. The lowest BCUT2D eigenvalue weighted by Crippen LogP contribution is -2.12. The van der Waals surface area contributed by atoms with Crippen LogP contribution in [0.4, 0.5) is 0 Å². The minimum atomic E-state index is -0.0735. The Labute approximate surface area is 123 Å². The standard InChI is InChI=1S/C16H18N4O/c1-3-20-15(11(2)17)10-19-16(20)21-14-5-4-12-6-7-18-9-13(12)8-14/h4-11H,3,17H2,1-2H3. The van der Waals surface area contributed by atoms with Crippen LogP contribution in [0.3, 0.4) is 0 Å². The third-order valence-electron chi connectivity index (χ3n) is 3.45. The van der Waals surface area contributed by atoms with Crippen LogP contribution in [-0.4, -0.2) is 14.5 Å². The summed E-state index contributed by atoms with van der Waals surface area (Å²) in [6.07, 6.45) is 5.37. The van der Waals surface area contributed by atoms with E-state index in [2.05, 4.69) is 9.97 Å². The number of ether oxygens (including phenoxy) is 1. The lowest BCUT2D eigenvalue weighted by molar-refractivity contribution is 0.410. The molecule has 0 aliphatic rings. The van der Waals surface area contributed by atoms with E-state index < -0.39 is 0 Å². The number of pyridine rings is 1. The fraction of sp³-hybridized carbons (Fsp3) is 0.250. The Balaban J connectivity index is 1.95. The molecule has 2 heterocycles. The fourth-order valence-electron chi connectivity index (χ4n) is 2.37. The molecule has 0 radical (unpaired) electrons. The van der Waals surface area contributed by atoms with Crippen LogP contribution in [0.25, 0.3) is 10.8 Å². The summed E-state index contributed by atoms with van der Waals surface area (Å²) in [4.78, 5) is 8.46. The quantitative estimate of drug-likeness (QED) is 0.797. The molecule has 0 aliphatic carbocycles. The Bertz CT molecular complexity index is 764. The largest absolute Gasteiger partial charge is 0.425 e. The number of imidazole rings is 1. The summed E-state index contributed by atoms with van der Waals surface area (Å²) in [6.45, 7) is 4.75. The Hall–Kier alpha value is -2.40. The Kier molecular flexibility index (Phi) is 3.58. The highest BCUT2D eigenvalue weighted by atomic mass is 16.5. The smallest absolute Gasteiger partial charge is 0.302 e. The Morgan fingerprint density at radius 2 is 2.10 bits per heavy atom. The van der Waals surface area contributed by atoms with E-state index in [9.17, 15) is 0 Å². The van der Waals surface area contributed by atoms with Crippen LogP contribution < -0.4 is 10.5 Å². The molecule has 108 valence electrons. The van der Waals surface area contributed by atoms with Crippen LogP contribution in [0.2, 0.25) is 0 Å². The first-order valence-corrected chi connectivity index (χ1v) is 7.01. The number of rotatable bonds is 4. The van der Waals surface area contributed by atoms with Gasteiger partial charge in [-0.15, -0.1) is 0 Å². The van der Waals surface area contributed by atoms with Crippen LogP contribution >= 0.6 is 0 Å². The van der Waals surface area contributed by atoms with Gasteiger partial charge in [0.2, 0.25) is 0 Å². The first-order chi connectivity index (χ1) is 10.2. The van der Waals surface area contributed by atoms with Gasteiger partial charge in [-0.05, 0) is 37.4 Å². The lowest BCUT2D eigenvalue weighted by Gasteiger charge is -2.12. The number of nitrogens with zero attached hydrogens (tertiary/aromatic N) is 3. The van der Waals surface area contributed by atoms with Crippen LogP contribution in [0.1, 0.15) is 25.6 Å². The van der Waals surface area contributed by atoms with Gasteiger partial charge >= 0.3 is 6.01 Å². The van der Waals surface area contributed by atoms with Crippen molar-refractivity contribution in [3.63, 3.8) is 0 Å². The SMILES string of the molecule is CCn1c(C(C)N)cnc1Oc1ccc2ccncc2c1. The molecule has 5 heteroatoms. The van der Waals surface area contributed by atoms with Crippen LogP contribution in [0.5, 0.6) is 11.8 Å². The second kappa shape index (κ2) is 5.54. The maximum atomic E-state index is 5.95. The van der Waals surface area contributed by atoms with Gasteiger partial charge in [0.1, 0.15) is 5.75 Å². The summed E-state index contributed by atoms with van der Waals surface area (Å²) in [5.74, 6) is 0.743. The molecule has 2 aromatic heterocycles. The number of fused-ring (bicyclic) bond motifs is 1. The van der Waals surface area contributed by atoms with Crippen LogP contribution in [0.15, 0.2) is 42.9 Å². The Morgan fingerprint density at radius 1 is 1.24 bits per heavy atom. The topological polar surface area (TPSA) is 66.0 Å².